The number of nitrogens with one attached hydrogen (secondary N) is 3. The first-order valence-electron chi connectivity index (χ1n) is 6.45. The van der Waals surface area contributed by atoms with Crippen LogP contribution in [0.25, 0.3) is 11.0 Å². The average molecular weight is 246 g/mol. The number of nitrogens with zero attached hydrogens (tertiary/aromatic N) is 1. The second-order valence-corrected chi connectivity index (χ2v) is 4.80. The first-order valence-corrected chi connectivity index (χ1v) is 6.45. The second kappa shape index (κ2) is 4.96. The monoisotopic (exact) mass is 246 g/mol. The van der Waals surface area contributed by atoms with Crippen molar-refractivity contribution >= 4 is 11.0 Å². The molecule has 1 aliphatic rings. The van der Waals surface area contributed by atoms with Gasteiger partial charge in [-0.05, 0) is 24.1 Å². The van der Waals surface area contributed by atoms with Crippen LogP contribution in [0.15, 0.2) is 23.0 Å². The minimum Gasteiger partial charge on any atom is -0.314 e. The van der Waals surface area contributed by atoms with Crippen LogP contribution in [0.2, 0.25) is 0 Å². The number of rotatable bonds is 3. The lowest BCUT2D eigenvalue weighted by molar-refractivity contribution is 0.244. The minimum absolute atomic E-state index is 0.135. The summed E-state index contributed by atoms with van der Waals surface area (Å²) in [5, 5.41) is 3.35. The predicted octanol–water partition coefficient (Wildman–Crippen LogP) is 0.304. The number of hydrogen-bond acceptors (Lipinski definition) is 3. The minimum atomic E-state index is -0.135. The summed E-state index contributed by atoms with van der Waals surface area (Å²) in [5.41, 5.74) is 2.92. The molecule has 2 aromatic rings. The fourth-order valence-electron chi connectivity index (χ4n) is 2.46. The van der Waals surface area contributed by atoms with Crippen LogP contribution in [0.4, 0.5) is 0 Å². The van der Waals surface area contributed by atoms with Crippen LogP contribution >= 0.6 is 0 Å². The van der Waals surface area contributed by atoms with E-state index in [1.54, 1.807) is 0 Å². The van der Waals surface area contributed by atoms with E-state index in [0.717, 1.165) is 50.2 Å². The summed E-state index contributed by atoms with van der Waals surface area (Å²) in [6.07, 6.45) is 1.03. The normalized spacial score (nSPS) is 17.3. The van der Waals surface area contributed by atoms with Crippen LogP contribution in [0, 0.1) is 0 Å². The molecule has 18 heavy (non-hydrogen) atoms. The zero-order valence-corrected chi connectivity index (χ0v) is 10.3. The van der Waals surface area contributed by atoms with Crippen LogP contribution in [0.3, 0.4) is 0 Å². The molecule has 1 saturated heterocycles. The number of benzene rings is 1. The zero-order chi connectivity index (χ0) is 12.4. The Morgan fingerprint density at radius 1 is 1.11 bits per heavy atom. The van der Waals surface area contributed by atoms with Crippen molar-refractivity contribution in [2.45, 2.75) is 6.42 Å². The molecule has 5 nitrogen and oxygen atoms in total. The average Bonchev–Trinajstić information content (AvgIpc) is 2.77. The molecular weight excluding hydrogens is 228 g/mol. The van der Waals surface area contributed by atoms with Crippen molar-refractivity contribution in [3.8, 4) is 0 Å². The van der Waals surface area contributed by atoms with Gasteiger partial charge in [-0.15, -0.1) is 0 Å². The maximum atomic E-state index is 11.2. The topological polar surface area (TPSA) is 63.9 Å². The highest BCUT2D eigenvalue weighted by Gasteiger charge is 2.09. The van der Waals surface area contributed by atoms with Crippen LogP contribution in [0.1, 0.15) is 5.56 Å². The van der Waals surface area contributed by atoms with Crippen molar-refractivity contribution in [1.82, 2.24) is 20.2 Å². The first-order chi connectivity index (χ1) is 8.81. The summed E-state index contributed by atoms with van der Waals surface area (Å²) in [6.45, 7) is 5.52. The second-order valence-electron chi connectivity index (χ2n) is 4.80. The van der Waals surface area contributed by atoms with E-state index in [-0.39, 0.29) is 5.69 Å². The highest BCUT2D eigenvalue weighted by molar-refractivity contribution is 5.74. The molecule has 3 N–H and O–H groups in total. The smallest absolute Gasteiger partial charge is 0.314 e. The molecule has 0 radical (unpaired) electrons. The van der Waals surface area contributed by atoms with Crippen LogP contribution in [0.5, 0.6) is 0 Å². The molecule has 1 aromatic heterocycles. The highest BCUT2D eigenvalue weighted by atomic mass is 16.1. The third-order valence-electron chi connectivity index (χ3n) is 3.51. The van der Waals surface area contributed by atoms with Crippen LogP contribution in [-0.4, -0.2) is 47.6 Å². The molecule has 0 unspecified atom stereocenters. The third kappa shape index (κ3) is 2.47. The fourth-order valence-corrected chi connectivity index (χ4v) is 2.46. The van der Waals surface area contributed by atoms with Gasteiger partial charge in [0, 0.05) is 32.7 Å². The van der Waals surface area contributed by atoms with Crippen molar-refractivity contribution in [3.63, 3.8) is 0 Å². The molecule has 1 aliphatic heterocycles. The van der Waals surface area contributed by atoms with Gasteiger partial charge in [0.15, 0.2) is 0 Å². The Hall–Kier alpha value is -1.59. The number of aromatic amines is 2. The summed E-state index contributed by atoms with van der Waals surface area (Å²) < 4.78 is 0. The molecule has 2 heterocycles. The first kappa shape index (κ1) is 11.5. The van der Waals surface area contributed by atoms with Gasteiger partial charge in [-0.1, -0.05) is 6.07 Å². The van der Waals surface area contributed by atoms with Crippen molar-refractivity contribution in [2.75, 3.05) is 32.7 Å². The Morgan fingerprint density at radius 3 is 2.72 bits per heavy atom. The van der Waals surface area contributed by atoms with Gasteiger partial charge in [0.25, 0.3) is 0 Å². The number of hydrogen-bond donors (Lipinski definition) is 3. The van der Waals surface area contributed by atoms with Crippen LogP contribution < -0.4 is 11.0 Å². The Balaban J connectivity index is 1.68. The van der Waals surface area contributed by atoms with Gasteiger partial charge in [0.05, 0.1) is 11.0 Å². The predicted molar refractivity (Wildman–Crippen MR) is 71.9 cm³/mol. The van der Waals surface area contributed by atoms with Crippen molar-refractivity contribution in [2.24, 2.45) is 0 Å². The van der Waals surface area contributed by atoms with Crippen molar-refractivity contribution < 1.29 is 0 Å². The summed E-state index contributed by atoms with van der Waals surface area (Å²) in [4.78, 5) is 19.2. The maximum absolute atomic E-state index is 11.2. The lowest BCUT2D eigenvalue weighted by Crippen LogP contribution is -2.44. The third-order valence-corrected chi connectivity index (χ3v) is 3.51. The molecule has 1 fully saturated rings. The largest absolute Gasteiger partial charge is 0.323 e. The van der Waals surface area contributed by atoms with Crippen molar-refractivity contribution in [1.29, 1.82) is 0 Å². The maximum Gasteiger partial charge on any atom is 0.323 e. The summed E-state index contributed by atoms with van der Waals surface area (Å²) in [7, 11) is 0. The van der Waals surface area contributed by atoms with Gasteiger partial charge < -0.3 is 20.2 Å². The summed E-state index contributed by atoms with van der Waals surface area (Å²) in [6, 6.07) is 6.13. The van der Waals surface area contributed by atoms with E-state index in [1.165, 1.54) is 5.56 Å². The Morgan fingerprint density at radius 2 is 1.89 bits per heavy atom. The van der Waals surface area contributed by atoms with Gasteiger partial charge in [0.2, 0.25) is 0 Å². The molecule has 5 heteroatoms. The molecule has 0 atom stereocenters. The lowest BCUT2D eigenvalue weighted by atomic mass is 10.1. The molecule has 0 bridgehead atoms. The number of piperazine rings is 1. The molecule has 3 rings (SSSR count). The zero-order valence-electron chi connectivity index (χ0n) is 10.3. The van der Waals surface area contributed by atoms with E-state index in [1.807, 2.05) is 6.07 Å². The van der Waals surface area contributed by atoms with E-state index >= 15 is 0 Å². The number of fused-ring (bicyclic) bond motifs is 1. The van der Waals surface area contributed by atoms with Gasteiger partial charge in [-0.2, -0.15) is 0 Å². The summed E-state index contributed by atoms with van der Waals surface area (Å²) >= 11 is 0. The molecule has 1 aromatic carbocycles. The Labute approximate surface area is 105 Å². The number of imidazole rings is 1. The number of aromatic nitrogens is 2. The molecule has 0 aliphatic carbocycles. The van der Waals surface area contributed by atoms with E-state index in [9.17, 15) is 4.79 Å². The van der Waals surface area contributed by atoms with E-state index in [2.05, 4.69) is 32.3 Å². The van der Waals surface area contributed by atoms with Gasteiger partial charge >= 0.3 is 5.69 Å². The number of H-pyrrole nitrogens is 2. The van der Waals surface area contributed by atoms with E-state index in [4.69, 9.17) is 0 Å². The molecular formula is C13H18N4O. The van der Waals surface area contributed by atoms with Gasteiger partial charge in [-0.25, -0.2) is 4.79 Å². The lowest BCUT2D eigenvalue weighted by Gasteiger charge is -2.27. The Bertz CT molecular complexity index is 580. The molecule has 0 amide bonds. The molecule has 0 saturated carbocycles. The van der Waals surface area contributed by atoms with Gasteiger partial charge in [0.1, 0.15) is 0 Å². The van der Waals surface area contributed by atoms with E-state index in [0.29, 0.717) is 0 Å². The van der Waals surface area contributed by atoms with E-state index < -0.39 is 0 Å². The quantitative estimate of drug-likeness (QED) is 0.730. The Kier molecular flexibility index (Phi) is 3.17. The highest BCUT2D eigenvalue weighted by Crippen LogP contribution is 2.11. The molecule has 0 spiro atoms. The van der Waals surface area contributed by atoms with Gasteiger partial charge in [-0.3, -0.25) is 0 Å². The fraction of sp³-hybridized carbons (Fsp3) is 0.462. The standard InChI is InChI=1S/C13H18N4O/c18-13-15-11-2-1-10(9-12(11)16-13)3-6-17-7-4-14-5-8-17/h1-2,9,14H,3-8H2,(H2,15,16,18). The molecule has 96 valence electrons. The summed E-state index contributed by atoms with van der Waals surface area (Å²) in [5.74, 6) is 0. The van der Waals surface area contributed by atoms with Crippen molar-refractivity contribution in [3.05, 3.63) is 34.2 Å². The van der Waals surface area contributed by atoms with Crippen LogP contribution in [-0.2, 0) is 6.42 Å². The SMILES string of the molecule is O=c1[nH]c2ccc(CCN3CCNCC3)cc2[nH]1.